The van der Waals surface area contributed by atoms with Crippen LogP contribution in [0.25, 0.3) is 5.57 Å². The molecule has 0 spiro atoms. The third-order valence-electron chi connectivity index (χ3n) is 2.21. The first kappa shape index (κ1) is 10.8. The molecule has 1 aliphatic carbocycles. The summed E-state index contributed by atoms with van der Waals surface area (Å²) in [5, 5.41) is 0. The van der Waals surface area contributed by atoms with Gasteiger partial charge < -0.3 is 0 Å². The van der Waals surface area contributed by atoms with Crippen LogP contribution in [0, 0.1) is 0 Å². The summed E-state index contributed by atoms with van der Waals surface area (Å²) < 4.78 is 51.4. The van der Waals surface area contributed by atoms with Crippen LogP contribution in [-0.2, 0) is 4.79 Å². The summed E-state index contributed by atoms with van der Waals surface area (Å²) in [4.78, 5) is 14.7. The number of ketones is 1. The summed E-state index contributed by atoms with van der Waals surface area (Å²) in [6.45, 7) is 0. The minimum atomic E-state index is -4.68. The Balaban J connectivity index is 2.51. The number of halogens is 4. The number of alkyl halides is 4. The molecule has 0 saturated carbocycles. The topological polar surface area (TPSA) is 30.0 Å². The number of hydrogen-bond donors (Lipinski definition) is 0. The molecule has 1 heterocycles. The number of allylic oxidation sites excluding steroid dienone is 2. The Morgan fingerprint density at radius 1 is 1.12 bits per heavy atom. The number of rotatable bonds is 1. The predicted molar refractivity (Wildman–Crippen MR) is 47.1 cm³/mol. The van der Waals surface area contributed by atoms with Crippen molar-refractivity contribution >= 4 is 11.4 Å². The van der Waals surface area contributed by atoms with Gasteiger partial charge >= 0.3 is 11.8 Å². The van der Waals surface area contributed by atoms with Crippen LogP contribution >= 0.6 is 0 Å². The molecule has 0 aromatic carbocycles. The molecule has 1 aromatic heterocycles. The molecule has 0 radical (unpaired) electrons. The molecule has 84 valence electrons. The highest BCUT2D eigenvalue weighted by Gasteiger charge is 2.66. The fourth-order valence-electron chi connectivity index (χ4n) is 1.37. The van der Waals surface area contributed by atoms with E-state index in [4.69, 9.17) is 0 Å². The first-order valence-electron chi connectivity index (χ1n) is 4.31. The lowest BCUT2D eigenvalue weighted by molar-refractivity contribution is -0.178. The molecular weight excluding hydrogens is 226 g/mol. The van der Waals surface area contributed by atoms with Gasteiger partial charge in [0.2, 0.25) is 5.78 Å². The van der Waals surface area contributed by atoms with Gasteiger partial charge in [0.05, 0.1) is 11.3 Å². The highest BCUT2D eigenvalue weighted by atomic mass is 19.3. The number of hydrogen-bond acceptors (Lipinski definition) is 2. The van der Waals surface area contributed by atoms with E-state index in [1.54, 1.807) is 0 Å². The van der Waals surface area contributed by atoms with Crippen molar-refractivity contribution in [3.63, 3.8) is 0 Å². The number of nitrogens with zero attached hydrogens (tertiary/aromatic N) is 1. The van der Waals surface area contributed by atoms with Gasteiger partial charge in [0.25, 0.3) is 0 Å². The third-order valence-corrected chi connectivity index (χ3v) is 2.21. The second-order valence-corrected chi connectivity index (χ2v) is 3.30. The Hall–Kier alpha value is -1.72. The van der Waals surface area contributed by atoms with Crippen LogP contribution in [-0.4, -0.2) is 22.6 Å². The second kappa shape index (κ2) is 3.13. The molecule has 0 saturated heterocycles. The van der Waals surface area contributed by atoms with Crippen LogP contribution in [0.3, 0.4) is 0 Å². The molecular formula is C10H5F4NO. The minimum Gasteiger partial charge on any atom is -0.287 e. The van der Waals surface area contributed by atoms with E-state index in [1.807, 2.05) is 0 Å². The average molecular weight is 231 g/mol. The molecule has 0 unspecified atom stereocenters. The van der Waals surface area contributed by atoms with Gasteiger partial charge in [-0.3, -0.25) is 9.78 Å². The molecule has 0 atom stereocenters. The molecule has 16 heavy (non-hydrogen) atoms. The van der Waals surface area contributed by atoms with Crippen LogP contribution in [0.1, 0.15) is 5.69 Å². The summed E-state index contributed by atoms with van der Waals surface area (Å²) in [6, 6.07) is 4.13. The largest absolute Gasteiger partial charge is 0.375 e. The SMILES string of the molecule is O=C1C(c2ccccn2)=CC(F)(F)C1(F)F. The zero-order valence-electron chi connectivity index (χ0n) is 7.75. The molecule has 1 aromatic rings. The van der Waals surface area contributed by atoms with E-state index in [0.717, 1.165) is 0 Å². The quantitative estimate of drug-likeness (QED) is 0.694. The summed E-state index contributed by atoms with van der Waals surface area (Å²) >= 11 is 0. The lowest BCUT2D eigenvalue weighted by Gasteiger charge is -2.15. The van der Waals surface area contributed by atoms with E-state index >= 15 is 0 Å². The molecule has 0 amide bonds. The summed E-state index contributed by atoms with van der Waals surface area (Å²) in [5.74, 6) is -11.0. The van der Waals surface area contributed by atoms with Crippen molar-refractivity contribution in [2.75, 3.05) is 0 Å². The maximum atomic E-state index is 12.9. The van der Waals surface area contributed by atoms with Crippen LogP contribution in [0.5, 0.6) is 0 Å². The van der Waals surface area contributed by atoms with Crippen molar-refractivity contribution in [1.82, 2.24) is 4.98 Å². The summed E-state index contributed by atoms with van der Waals surface area (Å²) in [5.41, 5.74) is -0.917. The van der Waals surface area contributed by atoms with Gasteiger partial charge in [-0.05, 0) is 12.1 Å². The lowest BCUT2D eigenvalue weighted by Crippen LogP contribution is -2.40. The molecule has 2 rings (SSSR count). The summed E-state index contributed by atoms with van der Waals surface area (Å²) in [7, 11) is 0. The summed E-state index contributed by atoms with van der Waals surface area (Å²) in [6.07, 6.45) is 1.20. The number of aromatic nitrogens is 1. The van der Waals surface area contributed by atoms with Crippen LogP contribution in [0.2, 0.25) is 0 Å². The minimum absolute atomic E-state index is 0.0301. The average Bonchev–Trinajstić information content (AvgIpc) is 2.40. The van der Waals surface area contributed by atoms with Gasteiger partial charge in [-0.1, -0.05) is 6.07 Å². The Kier molecular flexibility index (Phi) is 2.11. The zero-order chi connectivity index (χ0) is 12.0. The molecule has 6 heteroatoms. The van der Waals surface area contributed by atoms with E-state index in [2.05, 4.69) is 4.98 Å². The molecule has 1 aliphatic rings. The van der Waals surface area contributed by atoms with Gasteiger partial charge in [-0.25, -0.2) is 0 Å². The van der Waals surface area contributed by atoms with Gasteiger partial charge in [0, 0.05) is 12.3 Å². The maximum Gasteiger partial charge on any atom is 0.375 e. The van der Waals surface area contributed by atoms with Gasteiger partial charge in [0.1, 0.15) is 0 Å². The first-order chi connectivity index (χ1) is 7.36. The Morgan fingerprint density at radius 3 is 2.25 bits per heavy atom. The Labute approximate surface area is 87.6 Å². The van der Waals surface area contributed by atoms with Crippen molar-refractivity contribution in [3.8, 4) is 0 Å². The molecule has 0 fully saturated rings. The normalized spacial score (nSPS) is 22.0. The number of Topliss-reactive ketones (excluding diaryl/α,β-unsaturated/α-hetero) is 1. The maximum absolute atomic E-state index is 12.9. The van der Waals surface area contributed by atoms with Crippen LogP contribution in [0.15, 0.2) is 30.5 Å². The first-order valence-corrected chi connectivity index (χ1v) is 4.31. The van der Waals surface area contributed by atoms with Crippen molar-refractivity contribution in [3.05, 3.63) is 36.2 Å². The van der Waals surface area contributed by atoms with E-state index in [1.165, 1.54) is 24.4 Å². The number of carbonyl (C=O) groups is 1. The fourth-order valence-corrected chi connectivity index (χ4v) is 1.37. The van der Waals surface area contributed by atoms with Crippen molar-refractivity contribution in [2.45, 2.75) is 11.8 Å². The highest BCUT2D eigenvalue weighted by molar-refractivity contribution is 6.26. The smallest absolute Gasteiger partial charge is 0.287 e. The number of pyridine rings is 1. The molecule has 0 aliphatic heterocycles. The van der Waals surface area contributed by atoms with Crippen molar-refractivity contribution < 1.29 is 22.4 Å². The number of carbonyl (C=O) groups excluding carboxylic acids is 1. The van der Waals surface area contributed by atoms with Crippen LogP contribution < -0.4 is 0 Å². The monoisotopic (exact) mass is 231 g/mol. The highest BCUT2D eigenvalue weighted by Crippen LogP contribution is 2.46. The third kappa shape index (κ3) is 1.33. The molecule has 0 N–H and O–H groups in total. The van der Waals surface area contributed by atoms with Gasteiger partial charge in [0.15, 0.2) is 0 Å². The standard InChI is InChI=1S/C10H5F4NO/c11-9(12)5-6(8(16)10(9,13)14)7-3-1-2-4-15-7/h1-5H. The Morgan fingerprint density at radius 2 is 1.81 bits per heavy atom. The second-order valence-electron chi connectivity index (χ2n) is 3.30. The van der Waals surface area contributed by atoms with Crippen molar-refractivity contribution in [2.24, 2.45) is 0 Å². The van der Waals surface area contributed by atoms with Crippen molar-refractivity contribution in [1.29, 1.82) is 0 Å². The Bertz CT molecular complexity index is 467. The van der Waals surface area contributed by atoms with E-state index in [0.29, 0.717) is 0 Å². The zero-order valence-corrected chi connectivity index (χ0v) is 7.75. The van der Waals surface area contributed by atoms with E-state index < -0.39 is 23.2 Å². The van der Waals surface area contributed by atoms with Gasteiger partial charge in [-0.15, -0.1) is 0 Å². The molecule has 2 nitrogen and oxygen atoms in total. The molecule has 0 bridgehead atoms. The van der Waals surface area contributed by atoms with Gasteiger partial charge in [-0.2, -0.15) is 17.6 Å². The van der Waals surface area contributed by atoms with Crippen LogP contribution in [0.4, 0.5) is 17.6 Å². The fraction of sp³-hybridized carbons (Fsp3) is 0.200. The van der Waals surface area contributed by atoms with E-state index in [9.17, 15) is 22.4 Å². The van der Waals surface area contributed by atoms with E-state index in [-0.39, 0.29) is 11.8 Å². The predicted octanol–water partition coefficient (Wildman–Crippen LogP) is 2.32. The lowest BCUT2D eigenvalue weighted by atomic mass is 10.1.